The lowest BCUT2D eigenvalue weighted by Gasteiger charge is -2.19. The Labute approximate surface area is 104 Å². The highest BCUT2D eigenvalue weighted by atomic mass is 35.5. The summed E-state index contributed by atoms with van der Waals surface area (Å²) in [5.74, 6) is -0.279. The maximum absolute atomic E-state index is 11.7. The van der Waals surface area contributed by atoms with Crippen LogP contribution >= 0.6 is 11.6 Å². The van der Waals surface area contributed by atoms with Crippen molar-refractivity contribution < 1.29 is 19.1 Å². The fourth-order valence-corrected chi connectivity index (χ4v) is 1.21. The molecule has 4 nitrogen and oxygen atoms in total. The Morgan fingerprint density at radius 2 is 1.88 bits per heavy atom. The van der Waals surface area contributed by atoms with Gasteiger partial charge in [0.05, 0.1) is 5.56 Å². The first-order valence-electron chi connectivity index (χ1n) is 4.99. The molecule has 0 heterocycles. The molecular formula is C12H13ClO4. The normalized spacial score (nSPS) is 10.8. The lowest BCUT2D eigenvalue weighted by Crippen LogP contribution is -2.23. The molecule has 0 spiro atoms. The van der Waals surface area contributed by atoms with Gasteiger partial charge in [-0.1, -0.05) is 6.07 Å². The van der Waals surface area contributed by atoms with E-state index < -0.39 is 17.0 Å². The molecule has 1 aromatic rings. The van der Waals surface area contributed by atoms with Crippen molar-refractivity contribution in [3.63, 3.8) is 0 Å². The molecule has 0 bridgehead atoms. The van der Waals surface area contributed by atoms with Gasteiger partial charge in [-0.2, -0.15) is 0 Å². The first-order chi connectivity index (χ1) is 7.78. The number of halogens is 1. The molecule has 0 saturated carbocycles. The maximum atomic E-state index is 11.7. The summed E-state index contributed by atoms with van der Waals surface area (Å²) in [5, 5.41) is 0. The molecule has 0 unspecified atom stereocenters. The lowest BCUT2D eigenvalue weighted by atomic mass is 10.1. The number of rotatable bonds is 2. The van der Waals surface area contributed by atoms with Gasteiger partial charge in [0.25, 0.3) is 0 Å². The Bertz CT molecular complexity index is 434. The monoisotopic (exact) mass is 256 g/mol. The number of hydrogen-bond acceptors (Lipinski definition) is 4. The van der Waals surface area contributed by atoms with Gasteiger partial charge in [-0.25, -0.2) is 9.59 Å². The van der Waals surface area contributed by atoms with E-state index in [0.29, 0.717) is 5.56 Å². The molecule has 0 aliphatic heterocycles. The van der Waals surface area contributed by atoms with Crippen LogP contribution in [-0.2, 0) is 4.74 Å². The maximum Gasteiger partial charge on any atom is 0.409 e. The molecule has 0 aliphatic rings. The summed E-state index contributed by atoms with van der Waals surface area (Å²) >= 11 is 5.07. The number of carbonyl (C=O) groups excluding carboxylic acids is 2. The zero-order valence-corrected chi connectivity index (χ0v) is 10.6. The Hall–Kier alpha value is -1.55. The van der Waals surface area contributed by atoms with Crippen molar-refractivity contribution in [3.05, 3.63) is 29.8 Å². The minimum absolute atomic E-state index is 0.202. The zero-order valence-electron chi connectivity index (χ0n) is 9.82. The van der Waals surface area contributed by atoms with Crippen LogP contribution in [-0.4, -0.2) is 17.0 Å². The van der Waals surface area contributed by atoms with Gasteiger partial charge < -0.3 is 9.47 Å². The first kappa shape index (κ1) is 13.5. The van der Waals surface area contributed by atoms with Crippen LogP contribution in [0.4, 0.5) is 4.79 Å². The minimum atomic E-state index is -0.952. The average Bonchev–Trinajstić information content (AvgIpc) is 2.14. The molecule has 1 aromatic carbocycles. The van der Waals surface area contributed by atoms with Gasteiger partial charge in [0, 0.05) is 11.6 Å². The Kier molecular flexibility index (Phi) is 4.12. The molecule has 0 amide bonds. The third-order valence-electron chi connectivity index (χ3n) is 1.67. The summed E-state index contributed by atoms with van der Waals surface area (Å²) < 4.78 is 9.83. The molecule has 1 rings (SSSR count). The molecular weight excluding hydrogens is 244 g/mol. The molecule has 5 heteroatoms. The third kappa shape index (κ3) is 4.87. The average molecular weight is 257 g/mol. The number of hydrogen-bond donors (Lipinski definition) is 0. The second kappa shape index (κ2) is 5.19. The highest BCUT2D eigenvalue weighted by Gasteiger charge is 2.18. The van der Waals surface area contributed by atoms with E-state index in [0.717, 1.165) is 0 Å². The second-order valence-corrected chi connectivity index (χ2v) is 4.68. The quantitative estimate of drug-likeness (QED) is 0.601. The highest BCUT2D eigenvalue weighted by molar-refractivity contribution is 6.61. The first-order valence-corrected chi connectivity index (χ1v) is 5.36. The van der Waals surface area contributed by atoms with Crippen molar-refractivity contribution in [2.75, 3.05) is 0 Å². The van der Waals surface area contributed by atoms with E-state index in [1.165, 1.54) is 12.1 Å². The van der Waals surface area contributed by atoms with E-state index in [1.807, 2.05) is 0 Å². The molecule has 0 fully saturated rings. The van der Waals surface area contributed by atoms with Crippen molar-refractivity contribution >= 4 is 23.0 Å². The van der Waals surface area contributed by atoms with Crippen molar-refractivity contribution in [1.29, 1.82) is 0 Å². The Morgan fingerprint density at radius 1 is 1.24 bits per heavy atom. The van der Waals surface area contributed by atoms with Crippen LogP contribution in [0.25, 0.3) is 0 Å². The van der Waals surface area contributed by atoms with Crippen LogP contribution in [0.15, 0.2) is 24.3 Å². The molecule has 0 saturated heterocycles. The van der Waals surface area contributed by atoms with Crippen LogP contribution in [0.5, 0.6) is 5.75 Å². The number of carbonyl (C=O) groups is 2. The van der Waals surface area contributed by atoms with Gasteiger partial charge in [0.1, 0.15) is 11.4 Å². The smallest absolute Gasteiger partial charge is 0.409 e. The van der Waals surface area contributed by atoms with Crippen molar-refractivity contribution in [2.45, 2.75) is 26.4 Å². The van der Waals surface area contributed by atoms with Crippen LogP contribution in [0.3, 0.4) is 0 Å². The number of esters is 1. The Balaban J connectivity index is 2.84. The van der Waals surface area contributed by atoms with Gasteiger partial charge in [-0.3, -0.25) is 0 Å². The Morgan fingerprint density at radius 3 is 2.41 bits per heavy atom. The van der Waals surface area contributed by atoms with Crippen molar-refractivity contribution in [2.24, 2.45) is 0 Å². The molecule has 17 heavy (non-hydrogen) atoms. The minimum Gasteiger partial charge on any atom is -0.456 e. The second-order valence-electron chi connectivity index (χ2n) is 4.37. The van der Waals surface area contributed by atoms with Crippen LogP contribution in [0.1, 0.15) is 31.1 Å². The predicted molar refractivity (Wildman–Crippen MR) is 63.5 cm³/mol. The molecule has 0 N–H and O–H groups in total. The third-order valence-corrected chi connectivity index (χ3v) is 1.74. The standard InChI is InChI=1S/C12H13ClO4/c1-12(2,3)17-10(14)8-5-4-6-9(7-8)16-11(13)15/h4-7H,1-3H3. The van der Waals surface area contributed by atoms with Gasteiger partial charge in [0.2, 0.25) is 0 Å². The van der Waals surface area contributed by atoms with Gasteiger partial charge in [-0.15, -0.1) is 0 Å². The fourth-order valence-electron chi connectivity index (χ4n) is 1.12. The largest absolute Gasteiger partial charge is 0.456 e. The molecule has 92 valence electrons. The van der Waals surface area contributed by atoms with Crippen LogP contribution in [0.2, 0.25) is 0 Å². The molecule has 0 aliphatic carbocycles. The highest BCUT2D eigenvalue weighted by Crippen LogP contribution is 2.17. The topological polar surface area (TPSA) is 52.6 Å². The van der Waals surface area contributed by atoms with E-state index in [1.54, 1.807) is 32.9 Å². The summed E-state index contributed by atoms with van der Waals surface area (Å²) in [6, 6.07) is 6.07. The number of benzene rings is 1. The molecule has 0 aromatic heterocycles. The van der Waals surface area contributed by atoms with Gasteiger partial charge in [-0.05, 0) is 39.0 Å². The summed E-state index contributed by atoms with van der Waals surface area (Å²) in [6.45, 7) is 5.31. The van der Waals surface area contributed by atoms with E-state index in [-0.39, 0.29) is 5.75 Å². The summed E-state index contributed by atoms with van der Waals surface area (Å²) in [7, 11) is 0. The lowest BCUT2D eigenvalue weighted by molar-refractivity contribution is 0.00691. The van der Waals surface area contributed by atoms with E-state index in [2.05, 4.69) is 4.74 Å². The summed E-state index contributed by atoms with van der Waals surface area (Å²) in [5.41, 5.74) is -1.22. The van der Waals surface area contributed by atoms with Gasteiger partial charge in [0.15, 0.2) is 0 Å². The van der Waals surface area contributed by atoms with Crippen LogP contribution < -0.4 is 4.74 Å². The predicted octanol–water partition coefficient (Wildman–Crippen LogP) is 3.38. The summed E-state index contributed by atoms with van der Waals surface area (Å²) in [4.78, 5) is 22.3. The fraction of sp³-hybridized carbons (Fsp3) is 0.333. The zero-order chi connectivity index (χ0) is 13.1. The molecule has 0 atom stereocenters. The van der Waals surface area contributed by atoms with E-state index >= 15 is 0 Å². The van der Waals surface area contributed by atoms with Crippen LogP contribution in [0, 0.1) is 0 Å². The SMILES string of the molecule is CC(C)(C)OC(=O)c1cccc(OC(=O)Cl)c1. The van der Waals surface area contributed by atoms with E-state index in [9.17, 15) is 9.59 Å². The van der Waals surface area contributed by atoms with Crippen molar-refractivity contribution in [3.8, 4) is 5.75 Å². The summed E-state index contributed by atoms with van der Waals surface area (Å²) in [6.07, 6.45) is 0. The van der Waals surface area contributed by atoms with Gasteiger partial charge >= 0.3 is 11.4 Å². The van der Waals surface area contributed by atoms with E-state index in [4.69, 9.17) is 16.3 Å². The molecule has 0 radical (unpaired) electrons. The number of ether oxygens (including phenoxy) is 2. The van der Waals surface area contributed by atoms with Crippen molar-refractivity contribution in [1.82, 2.24) is 0 Å².